The van der Waals surface area contributed by atoms with E-state index in [2.05, 4.69) is 42.2 Å². The van der Waals surface area contributed by atoms with Crippen molar-refractivity contribution < 1.29 is 15.1 Å². The molecule has 0 saturated carbocycles. The SMILES string of the molecule is CN(C)c1c[c-]ccc1.[Cl][Mn+]. The number of nitrogens with zero attached hydrogens (tertiary/aromatic N) is 1. The molecule has 1 aromatic carbocycles. The Bertz CT molecular complexity index is 177. The van der Waals surface area contributed by atoms with Gasteiger partial charge in [0.2, 0.25) is 0 Å². The molecule has 3 heteroatoms. The van der Waals surface area contributed by atoms with Gasteiger partial charge in [-0.05, 0) is 14.1 Å². The van der Waals surface area contributed by atoms with Crippen LogP contribution in [0.2, 0.25) is 0 Å². The van der Waals surface area contributed by atoms with Gasteiger partial charge in [0.05, 0.1) is 0 Å². The third-order valence-corrected chi connectivity index (χ3v) is 1.21. The predicted molar refractivity (Wildman–Crippen MR) is 45.5 cm³/mol. The fraction of sp³-hybridized carbons (Fsp3) is 0.250. The van der Waals surface area contributed by atoms with E-state index < -0.39 is 0 Å². The van der Waals surface area contributed by atoms with Gasteiger partial charge in [-0.1, -0.05) is 5.69 Å². The second kappa shape index (κ2) is 6.53. The maximum atomic E-state index is 4.45. The van der Waals surface area contributed by atoms with Crippen molar-refractivity contribution >= 4 is 15.8 Å². The Morgan fingerprint density at radius 1 is 1.45 bits per heavy atom. The number of anilines is 1. The van der Waals surface area contributed by atoms with Gasteiger partial charge in [-0.25, -0.2) is 0 Å². The van der Waals surface area contributed by atoms with Gasteiger partial charge in [0, 0.05) is 0 Å². The third-order valence-electron chi connectivity index (χ3n) is 1.21. The van der Waals surface area contributed by atoms with Gasteiger partial charge in [-0.2, -0.15) is 24.3 Å². The molecule has 11 heavy (non-hydrogen) atoms. The van der Waals surface area contributed by atoms with Gasteiger partial charge in [0.25, 0.3) is 0 Å². The molecule has 0 unspecified atom stereocenters. The van der Waals surface area contributed by atoms with Crippen LogP contribution in [-0.4, -0.2) is 14.1 Å². The van der Waals surface area contributed by atoms with Crippen molar-refractivity contribution in [2.45, 2.75) is 0 Å². The molecule has 0 heterocycles. The van der Waals surface area contributed by atoms with Gasteiger partial charge in [-0.15, -0.1) is 6.07 Å². The molecule has 0 amide bonds. The van der Waals surface area contributed by atoms with Crippen molar-refractivity contribution in [2.24, 2.45) is 0 Å². The van der Waals surface area contributed by atoms with E-state index in [0.717, 1.165) is 0 Å². The summed E-state index contributed by atoms with van der Waals surface area (Å²) in [7, 11) is 8.49. The topological polar surface area (TPSA) is 3.24 Å². The Kier molecular flexibility index (Phi) is 6.43. The van der Waals surface area contributed by atoms with E-state index in [-0.39, 0.29) is 0 Å². The second-order valence-corrected chi connectivity index (χ2v) is 2.16. The van der Waals surface area contributed by atoms with Crippen LogP contribution in [0.15, 0.2) is 24.3 Å². The zero-order valence-electron chi connectivity index (χ0n) is 6.51. The first-order valence-electron chi connectivity index (χ1n) is 3.08. The van der Waals surface area contributed by atoms with Gasteiger partial charge in [0.15, 0.2) is 0 Å². The van der Waals surface area contributed by atoms with Crippen LogP contribution in [0, 0.1) is 6.07 Å². The summed E-state index contributed by atoms with van der Waals surface area (Å²) in [6.07, 6.45) is 0. The molecular formula is C8H10ClMnN. The molecule has 0 atom stereocenters. The van der Waals surface area contributed by atoms with E-state index in [1.807, 2.05) is 32.3 Å². The van der Waals surface area contributed by atoms with Crippen molar-refractivity contribution in [3.63, 3.8) is 0 Å². The van der Waals surface area contributed by atoms with E-state index in [0.29, 0.717) is 0 Å². The van der Waals surface area contributed by atoms with E-state index in [9.17, 15) is 0 Å². The molecule has 0 aliphatic heterocycles. The van der Waals surface area contributed by atoms with Gasteiger partial charge in [0.1, 0.15) is 0 Å². The number of benzene rings is 1. The van der Waals surface area contributed by atoms with E-state index >= 15 is 0 Å². The third kappa shape index (κ3) is 4.31. The predicted octanol–water partition coefficient (Wildman–Crippen LogP) is 2.24. The summed E-state index contributed by atoms with van der Waals surface area (Å²) in [5.41, 5.74) is 1.19. The summed E-state index contributed by atoms with van der Waals surface area (Å²) >= 11 is 2.41. The Morgan fingerprint density at radius 3 is 2.36 bits per heavy atom. The van der Waals surface area contributed by atoms with Crippen LogP contribution in [0.3, 0.4) is 0 Å². The molecule has 1 rings (SSSR count). The second-order valence-electron chi connectivity index (χ2n) is 2.16. The Hall–Kier alpha value is -0.171. The Labute approximate surface area is 80.4 Å². The first-order chi connectivity index (χ1) is 5.30. The summed E-state index contributed by atoms with van der Waals surface area (Å²) in [6, 6.07) is 10.9. The summed E-state index contributed by atoms with van der Waals surface area (Å²) in [5, 5.41) is 0. The monoisotopic (exact) mass is 210 g/mol. The van der Waals surface area contributed by atoms with Crippen molar-refractivity contribution in [1.82, 2.24) is 0 Å². The van der Waals surface area contributed by atoms with Gasteiger partial charge in [-0.3, -0.25) is 0 Å². The van der Waals surface area contributed by atoms with Crippen LogP contribution in [0.5, 0.6) is 0 Å². The Morgan fingerprint density at radius 2 is 2.09 bits per heavy atom. The molecule has 1 aromatic rings. The molecule has 1 nitrogen and oxygen atoms in total. The molecule has 0 N–H and O–H groups in total. The number of hydrogen-bond donors (Lipinski definition) is 0. The van der Waals surface area contributed by atoms with E-state index in [4.69, 9.17) is 0 Å². The number of hydrogen-bond acceptors (Lipinski definition) is 1. The van der Waals surface area contributed by atoms with Crippen molar-refractivity contribution in [1.29, 1.82) is 0 Å². The van der Waals surface area contributed by atoms with Crippen LogP contribution >= 0.6 is 10.1 Å². The maximum absolute atomic E-state index is 4.45. The average Bonchev–Trinajstić information content (AvgIpc) is 2.10. The summed E-state index contributed by atoms with van der Waals surface area (Å²) in [5.74, 6) is 0. The standard InChI is InChI=1S/C8H10N.ClH.Mn/c1-9(2)8-6-4-3-5-7-8;;/h3-4,6-7H,1-2H3;1H;/q-1;;+2/p-1. The number of rotatable bonds is 1. The zero-order chi connectivity index (χ0) is 8.69. The van der Waals surface area contributed by atoms with Gasteiger partial charge < -0.3 is 4.90 Å². The minimum atomic E-state index is 1.19. The molecule has 0 saturated heterocycles. The molecule has 61 valence electrons. The summed E-state index contributed by atoms with van der Waals surface area (Å²) in [4.78, 5) is 2.05. The molecule has 0 bridgehead atoms. The first kappa shape index (κ1) is 10.8. The fourth-order valence-corrected chi connectivity index (χ4v) is 0.662. The molecule has 0 aliphatic carbocycles. The molecular weight excluding hydrogens is 200 g/mol. The molecule has 0 fully saturated rings. The summed E-state index contributed by atoms with van der Waals surface area (Å²) < 4.78 is 0. The van der Waals surface area contributed by atoms with Crippen LogP contribution < -0.4 is 4.90 Å². The zero-order valence-corrected chi connectivity index (χ0v) is 8.45. The van der Waals surface area contributed by atoms with Crippen LogP contribution in [0.4, 0.5) is 5.69 Å². The molecule has 0 aromatic heterocycles. The van der Waals surface area contributed by atoms with Gasteiger partial charge >= 0.3 is 25.2 Å². The normalized spacial score (nSPS) is 7.91. The van der Waals surface area contributed by atoms with Crippen LogP contribution in [0.1, 0.15) is 0 Å². The van der Waals surface area contributed by atoms with Crippen molar-refractivity contribution in [3.05, 3.63) is 30.3 Å². The van der Waals surface area contributed by atoms with Crippen LogP contribution in [0.25, 0.3) is 0 Å². The van der Waals surface area contributed by atoms with E-state index in [1.165, 1.54) is 5.69 Å². The molecule has 0 radical (unpaired) electrons. The van der Waals surface area contributed by atoms with Crippen molar-refractivity contribution in [3.8, 4) is 0 Å². The number of halogens is 1. The Balaban J connectivity index is 0.000000461. The molecule has 0 spiro atoms. The minimum absolute atomic E-state index is 1.19. The van der Waals surface area contributed by atoms with Crippen molar-refractivity contribution in [2.75, 3.05) is 19.0 Å². The fourth-order valence-electron chi connectivity index (χ4n) is 0.662. The summed E-state index contributed by atoms with van der Waals surface area (Å²) in [6.45, 7) is 0. The first-order valence-corrected chi connectivity index (χ1v) is 4.71. The van der Waals surface area contributed by atoms with E-state index in [1.54, 1.807) is 0 Å². The molecule has 0 aliphatic rings. The quantitative estimate of drug-likeness (QED) is 0.508. The average molecular weight is 211 g/mol. The van der Waals surface area contributed by atoms with Crippen LogP contribution in [-0.2, 0) is 15.1 Å².